The van der Waals surface area contributed by atoms with Crippen LogP contribution in [-0.2, 0) is 0 Å². The lowest BCUT2D eigenvalue weighted by atomic mass is 9.83. The molecule has 17 heavy (non-hydrogen) atoms. The second-order valence-corrected chi connectivity index (χ2v) is 5.71. The maximum atomic E-state index is 6.49. The molecule has 1 unspecified atom stereocenters. The van der Waals surface area contributed by atoms with Crippen molar-refractivity contribution in [1.29, 1.82) is 0 Å². The van der Waals surface area contributed by atoms with Crippen LogP contribution in [0.3, 0.4) is 0 Å². The molecule has 2 aliphatic rings. The highest BCUT2D eigenvalue weighted by Crippen LogP contribution is 2.40. The van der Waals surface area contributed by atoms with Crippen LogP contribution in [0.25, 0.3) is 0 Å². The Labute approximate surface area is 106 Å². The highest BCUT2D eigenvalue weighted by molar-refractivity contribution is 5.04. The van der Waals surface area contributed by atoms with Crippen LogP contribution in [0, 0.1) is 12.3 Å². The van der Waals surface area contributed by atoms with E-state index >= 15 is 0 Å². The van der Waals surface area contributed by atoms with Gasteiger partial charge in [0.15, 0.2) is 0 Å². The van der Waals surface area contributed by atoms with Gasteiger partial charge in [0.25, 0.3) is 0 Å². The molecule has 2 rings (SSSR count). The summed E-state index contributed by atoms with van der Waals surface area (Å²) >= 11 is 0. The molecule has 2 heteroatoms. The molecule has 0 aromatic rings. The van der Waals surface area contributed by atoms with Gasteiger partial charge < -0.3 is 5.73 Å². The van der Waals surface area contributed by atoms with Crippen molar-refractivity contribution < 1.29 is 0 Å². The van der Waals surface area contributed by atoms with Crippen LogP contribution in [-0.4, -0.2) is 29.6 Å². The monoisotopic (exact) mass is 234 g/mol. The van der Waals surface area contributed by atoms with Crippen LogP contribution in [0.5, 0.6) is 0 Å². The van der Waals surface area contributed by atoms with Crippen molar-refractivity contribution in [1.82, 2.24) is 4.90 Å². The minimum atomic E-state index is 0.277. The molecule has 2 nitrogen and oxygen atoms in total. The van der Waals surface area contributed by atoms with Crippen LogP contribution < -0.4 is 5.73 Å². The molecule has 1 saturated carbocycles. The Morgan fingerprint density at radius 2 is 1.76 bits per heavy atom. The van der Waals surface area contributed by atoms with Crippen molar-refractivity contribution >= 4 is 0 Å². The van der Waals surface area contributed by atoms with Gasteiger partial charge in [0.1, 0.15) is 0 Å². The summed E-state index contributed by atoms with van der Waals surface area (Å²) in [5.74, 6) is 2.74. The molecule has 1 heterocycles. The fourth-order valence-electron chi connectivity index (χ4n) is 3.76. The fourth-order valence-corrected chi connectivity index (χ4v) is 3.76. The molecule has 1 saturated heterocycles. The molecule has 96 valence electrons. The average Bonchev–Trinajstić information content (AvgIpc) is 2.87. The average molecular weight is 234 g/mol. The van der Waals surface area contributed by atoms with Crippen molar-refractivity contribution in [3.8, 4) is 12.3 Å². The summed E-state index contributed by atoms with van der Waals surface area (Å²) in [5.41, 5.74) is 6.78. The van der Waals surface area contributed by atoms with E-state index in [1.165, 1.54) is 58.0 Å². The normalized spacial score (nSPS) is 26.6. The lowest BCUT2D eigenvalue weighted by Crippen LogP contribution is -2.59. The van der Waals surface area contributed by atoms with Crippen molar-refractivity contribution in [2.75, 3.05) is 13.1 Å². The number of nitrogens with zero attached hydrogens (tertiary/aromatic N) is 1. The first-order valence-corrected chi connectivity index (χ1v) is 7.24. The second-order valence-electron chi connectivity index (χ2n) is 5.71. The van der Waals surface area contributed by atoms with Gasteiger partial charge in [-0.2, -0.15) is 0 Å². The highest BCUT2D eigenvalue weighted by Gasteiger charge is 2.44. The number of hydrogen-bond donors (Lipinski definition) is 1. The minimum absolute atomic E-state index is 0.277. The fraction of sp³-hybridized carbons (Fsp3) is 0.867. The zero-order chi connectivity index (χ0) is 12.1. The summed E-state index contributed by atoms with van der Waals surface area (Å²) in [6.07, 6.45) is 16.6. The number of nitrogens with two attached hydrogens (primary N) is 1. The first kappa shape index (κ1) is 12.9. The Kier molecular flexibility index (Phi) is 4.48. The lowest BCUT2D eigenvalue weighted by Gasteiger charge is -2.47. The van der Waals surface area contributed by atoms with Crippen LogP contribution in [0.4, 0.5) is 0 Å². The largest absolute Gasteiger partial charge is 0.326 e. The van der Waals surface area contributed by atoms with E-state index in [0.717, 1.165) is 12.8 Å². The zero-order valence-corrected chi connectivity index (χ0v) is 11.0. The smallest absolute Gasteiger partial charge is 0.0360 e. The van der Waals surface area contributed by atoms with Crippen molar-refractivity contribution in [2.24, 2.45) is 5.73 Å². The predicted molar refractivity (Wildman–Crippen MR) is 72.7 cm³/mol. The molecule has 2 N–H and O–H groups in total. The van der Waals surface area contributed by atoms with Crippen LogP contribution >= 0.6 is 0 Å². The maximum Gasteiger partial charge on any atom is 0.0360 e. The molecule has 0 bridgehead atoms. The van der Waals surface area contributed by atoms with E-state index in [0.29, 0.717) is 0 Å². The molecule has 0 amide bonds. The lowest BCUT2D eigenvalue weighted by molar-refractivity contribution is 0.0462. The van der Waals surface area contributed by atoms with Crippen LogP contribution in [0.2, 0.25) is 0 Å². The van der Waals surface area contributed by atoms with E-state index < -0.39 is 0 Å². The third kappa shape index (κ3) is 2.67. The summed E-state index contributed by atoms with van der Waals surface area (Å²) in [4.78, 5) is 2.70. The van der Waals surface area contributed by atoms with Gasteiger partial charge in [-0.25, -0.2) is 0 Å². The van der Waals surface area contributed by atoms with Crippen LogP contribution in [0.1, 0.15) is 57.8 Å². The predicted octanol–water partition coefficient (Wildman–Crippen LogP) is 2.53. The van der Waals surface area contributed by atoms with E-state index in [1.807, 2.05) is 0 Å². The third-order valence-electron chi connectivity index (χ3n) is 4.75. The quantitative estimate of drug-likeness (QED) is 0.757. The highest BCUT2D eigenvalue weighted by atomic mass is 15.2. The molecule has 1 aliphatic carbocycles. The van der Waals surface area contributed by atoms with Gasteiger partial charge in [0, 0.05) is 18.0 Å². The number of piperidine rings is 1. The first-order valence-electron chi connectivity index (χ1n) is 7.24. The van der Waals surface area contributed by atoms with Crippen LogP contribution in [0.15, 0.2) is 0 Å². The molecule has 1 atom stereocenters. The molecule has 1 aliphatic heterocycles. The van der Waals surface area contributed by atoms with E-state index in [-0.39, 0.29) is 11.6 Å². The van der Waals surface area contributed by atoms with Crippen molar-refractivity contribution in [2.45, 2.75) is 69.4 Å². The number of rotatable bonds is 4. The first-order chi connectivity index (χ1) is 8.29. The molecule has 0 aromatic heterocycles. The Bertz CT molecular complexity index is 267. The van der Waals surface area contributed by atoms with Gasteiger partial charge in [-0.3, -0.25) is 4.90 Å². The van der Waals surface area contributed by atoms with Gasteiger partial charge >= 0.3 is 0 Å². The SMILES string of the molecule is C#CCCC(N)C1(N2CCCCC2)CCCC1. The van der Waals surface area contributed by atoms with E-state index in [2.05, 4.69) is 10.8 Å². The Balaban J connectivity index is 2.05. The minimum Gasteiger partial charge on any atom is -0.326 e. The number of terminal acetylenes is 1. The molecule has 2 fully saturated rings. The Hall–Kier alpha value is -0.520. The zero-order valence-electron chi connectivity index (χ0n) is 11.0. The van der Waals surface area contributed by atoms with E-state index in [4.69, 9.17) is 12.2 Å². The molecule has 0 spiro atoms. The third-order valence-corrected chi connectivity index (χ3v) is 4.75. The van der Waals surface area contributed by atoms with Gasteiger partial charge in [0.2, 0.25) is 0 Å². The van der Waals surface area contributed by atoms with Gasteiger partial charge in [0.05, 0.1) is 0 Å². The Morgan fingerprint density at radius 3 is 2.35 bits per heavy atom. The molecular formula is C15H26N2. The van der Waals surface area contributed by atoms with Gasteiger partial charge in [-0.05, 0) is 45.2 Å². The van der Waals surface area contributed by atoms with Crippen molar-refractivity contribution in [3.63, 3.8) is 0 Å². The standard InChI is InChI=1S/C15H26N2/c1-2-3-9-14(16)15(10-5-6-11-15)17-12-7-4-8-13-17/h1,14H,3-13,16H2. The number of likely N-dealkylation sites (tertiary alicyclic amines) is 1. The molecule has 0 radical (unpaired) electrons. The van der Waals surface area contributed by atoms with Crippen molar-refractivity contribution in [3.05, 3.63) is 0 Å². The summed E-state index contributed by atoms with van der Waals surface area (Å²) < 4.78 is 0. The summed E-state index contributed by atoms with van der Waals surface area (Å²) in [6, 6.07) is 0.277. The van der Waals surface area contributed by atoms with Gasteiger partial charge in [-0.15, -0.1) is 12.3 Å². The summed E-state index contributed by atoms with van der Waals surface area (Å²) in [5, 5.41) is 0. The molecule has 0 aromatic carbocycles. The topological polar surface area (TPSA) is 29.3 Å². The van der Waals surface area contributed by atoms with E-state index in [9.17, 15) is 0 Å². The second kappa shape index (κ2) is 5.89. The Morgan fingerprint density at radius 1 is 1.12 bits per heavy atom. The summed E-state index contributed by atoms with van der Waals surface area (Å²) in [7, 11) is 0. The van der Waals surface area contributed by atoms with Gasteiger partial charge in [-0.1, -0.05) is 19.3 Å². The van der Waals surface area contributed by atoms with E-state index in [1.54, 1.807) is 0 Å². The summed E-state index contributed by atoms with van der Waals surface area (Å²) in [6.45, 7) is 2.51. The number of hydrogen-bond acceptors (Lipinski definition) is 2. The molecular weight excluding hydrogens is 208 g/mol. The maximum absolute atomic E-state index is 6.49.